The number of benzene rings is 3. The van der Waals surface area contributed by atoms with E-state index in [1.54, 1.807) is 16.8 Å². The van der Waals surface area contributed by atoms with Crippen LogP contribution < -0.4 is 5.56 Å². The van der Waals surface area contributed by atoms with Crippen molar-refractivity contribution < 1.29 is 0 Å². The molecule has 0 bridgehead atoms. The zero-order chi connectivity index (χ0) is 20.5. The average molecular weight is 410 g/mol. The highest BCUT2D eigenvalue weighted by Crippen LogP contribution is 2.22. The van der Waals surface area contributed by atoms with E-state index in [9.17, 15) is 4.79 Å². The molecule has 0 saturated heterocycles. The van der Waals surface area contributed by atoms with Gasteiger partial charge in [0.15, 0.2) is 0 Å². The molecule has 0 unspecified atom stereocenters. The highest BCUT2D eigenvalue weighted by atomic mass is 35.5. The molecule has 144 valence electrons. The van der Waals surface area contributed by atoms with E-state index in [1.165, 1.54) is 0 Å². The highest BCUT2D eigenvalue weighted by Gasteiger charge is 2.13. The predicted octanol–water partition coefficient (Wildman–Crippen LogP) is 5.76. The first-order valence-corrected chi connectivity index (χ1v) is 9.88. The number of nitrogens with zero attached hydrogens (tertiary/aromatic N) is 3. The van der Waals surface area contributed by atoms with Crippen molar-refractivity contribution in [2.75, 3.05) is 0 Å². The maximum atomic E-state index is 13.5. The summed E-state index contributed by atoms with van der Waals surface area (Å²) in [6.45, 7) is 0. The summed E-state index contributed by atoms with van der Waals surface area (Å²) in [5, 5.41) is 2.09. The number of aromatic nitrogens is 3. The molecule has 2 heterocycles. The van der Waals surface area contributed by atoms with E-state index in [1.807, 2.05) is 84.9 Å². The maximum Gasteiger partial charge on any atom is 0.266 e. The van der Waals surface area contributed by atoms with Gasteiger partial charge in [0.05, 0.1) is 22.1 Å². The molecule has 2 aromatic heterocycles. The summed E-state index contributed by atoms with van der Waals surface area (Å²) in [6.07, 6.45) is 5.51. The van der Waals surface area contributed by atoms with Crippen molar-refractivity contribution in [3.05, 3.63) is 112 Å². The molecule has 0 radical (unpaired) electrons. The zero-order valence-corrected chi connectivity index (χ0v) is 16.6. The second-order valence-electron chi connectivity index (χ2n) is 6.86. The number of para-hydroxylation sites is 1. The molecule has 4 nitrogen and oxygen atoms in total. The largest absolute Gasteiger partial charge is 0.268 e. The first-order chi connectivity index (χ1) is 14.7. The minimum absolute atomic E-state index is 0.118. The minimum atomic E-state index is -0.118. The standard InChI is InChI=1S/C25H16ClN3O/c26-18-11-8-17(9-12-18)10-15-23-28-24-20-7-4-16-27-22(20)14-13-21(24)25(30)29(23)19-5-2-1-3-6-19/h1-16H. The van der Waals surface area contributed by atoms with Gasteiger partial charge in [0, 0.05) is 16.6 Å². The first-order valence-electron chi connectivity index (χ1n) is 9.50. The van der Waals surface area contributed by atoms with E-state index in [0.29, 0.717) is 21.7 Å². The topological polar surface area (TPSA) is 47.8 Å². The summed E-state index contributed by atoms with van der Waals surface area (Å²) in [5.74, 6) is 0.546. The van der Waals surface area contributed by atoms with Crippen LogP contribution in [0.25, 0.3) is 39.6 Å². The van der Waals surface area contributed by atoms with Crippen LogP contribution in [0.4, 0.5) is 0 Å². The van der Waals surface area contributed by atoms with E-state index in [-0.39, 0.29) is 5.56 Å². The molecule has 0 fully saturated rings. The van der Waals surface area contributed by atoms with Gasteiger partial charge in [-0.05, 0) is 60.2 Å². The molecule has 0 saturated carbocycles. The number of halogens is 1. The lowest BCUT2D eigenvalue weighted by atomic mass is 10.1. The van der Waals surface area contributed by atoms with Gasteiger partial charge in [-0.1, -0.05) is 48.0 Å². The van der Waals surface area contributed by atoms with Crippen molar-refractivity contribution in [1.29, 1.82) is 0 Å². The predicted molar refractivity (Wildman–Crippen MR) is 123 cm³/mol. The van der Waals surface area contributed by atoms with Crippen LogP contribution >= 0.6 is 11.6 Å². The smallest absolute Gasteiger partial charge is 0.266 e. The molecule has 0 amide bonds. The van der Waals surface area contributed by atoms with E-state index in [0.717, 1.165) is 22.2 Å². The summed E-state index contributed by atoms with van der Waals surface area (Å²) < 4.78 is 1.64. The van der Waals surface area contributed by atoms with Gasteiger partial charge >= 0.3 is 0 Å². The Morgan fingerprint density at radius 3 is 2.40 bits per heavy atom. The molecule has 0 atom stereocenters. The fraction of sp³-hybridized carbons (Fsp3) is 0. The summed E-state index contributed by atoms with van der Waals surface area (Å²) in [6, 6.07) is 24.5. The van der Waals surface area contributed by atoms with Gasteiger partial charge in [-0.25, -0.2) is 4.98 Å². The van der Waals surface area contributed by atoms with Gasteiger partial charge in [0.25, 0.3) is 5.56 Å². The highest BCUT2D eigenvalue weighted by molar-refractivity contribution is 6.30. The maximum absolute atomic E-state index is 13.5. The molecule has 5 heteroatoms. The van der Waals surface area contributed by atoms with Gasteiger partial charge in [0.1, 0.15) is 5.82 Å². The Bertz CT molecular complexity index is 1460. The fourth-order valence-corrected chi connectivity index (χ4v) is 3.63. The molecule has 0 spiro atoms. The normalized spacial score (nSPS) is 11.5. The van der Waals surface area contributed by atoms with Crippen molar-refractivity contribution in [1.82, 2.24) is 14.5 Å². The summed E-state index contributed by atoms with van der Waals surface area (Å²) in [5.41, 5.74) is 3.06. The van der Waals surface area contributed by atoms with Crippen LogP contribution in [0.2, 0.25) is 5.02 Å². The summed E-state index contributed by atoms with van der Waals surface area (Å²) in [7, 11) is 0. The third-order valence-corrected chi connectivity index (χ3v) is 5.21. The van der Waals surface area contributed by atoms with E-state index in [4.69, 9.17) is 16.6 Å². The molecular weight excluding hydrogens is 394 g/mol. The minimum Gasteiger partial charge on any atom is -0.268 e. The second kappa shape index (κ2) is 7.58. The molecule has 0 aliphatic carbocycles. The molecule has 5 rings (SSSR count). The number of fused-ring (bicyclic) bond motifs is 3. The van der Waals surface area contributed by atoms with E-state index in [2.05, 4.69) is 4.98 Å². The van der Waals surface area contributed by atoms with Crippen molar-refractivity contribution in [3.63, 3.8) is 0 Å². The van der Waals surface area contributed by atoms with Crippen molar-refractivity contribution >= 4 is 45.6 Å². The third-order valence-electron chi connectivity index (χ3n) is 4.95. The van der Waals surface area contributed by atoms with Crippen LogP contribution in [0, 0.1) is 0 Å². The SMILES string of the molecule is O=c1c2ccc3ncccc3c2nc(C=Cc2ccc(Cl)cc2)n1-c1ccccc1. The van der Waals surface area contributed by atoms with Gasteiger partial charge < -0.3 is 0 Å². The number of pyridine rings is 1. The van der Waals surface area contributed by atoms with Crippen molar-refractivity contribution in [2.45, 2.75) is 0 Å². The Labute approximate surface area is 177 Å². The van der Waals surface area contributed by atoms with E-state index < -0.39 is 0 Å². The van der Waals surface area contributed by atoms with Gasteiger partial charge in [-0.2, -0.15) is 0 Å². The van der Waals surface area contributed by atoms with Crippen LogP contribution in [0.5, 0.6) is 0 Å². The van der Waals surface area contributed by atoms with Crippen molar-refractivity contribution in [2.24, 2.45) is 0 Å². The van der Waals surface area contributed by atoms with Crippen LogP contribution in [0.1, 0.15) is 11.4 Å². The third kappa shape index (κ3) is 3.27. The molecule has 0 aliphatic heterocycles. The van der Waals surface area contributed by atoms with Gasteiger partial charge in [0.2, 0.25) is 0 Å². The lowest BCUT2D eigenvalue weighted by molar-refractivity contribution is 0.945. The Kier molecular flexibility index (Phi) is 4.62. The second-order valence-corrected chi connectivity index (χ2v) is 7.30. The average Bonchev–Trinajstić information content (AvgIpc) is 2.79. The van der Waals surface area contributed by atoms with Gasteiger partial charge in [-0.3, -0.25) is 14.3 Å². The Morgan fingerprint density at radius 1 is 0.800 bits per heavy atom. The Hall–Kier alpha value is -3.76. The molecular formula is C25H16ClN3O. The first kappa shape index (κ1) is 18.3. The molecule has 0 N–H and O–H groups in total. The van der Waals surface area contributed by atoms with Crippen molar-refractivity contribution in [3.8, 4) is 5.69 Å². The Balaban J connectivity index is 1.80. The van der Waals surface area contributed by atoms with Crippen LogP contribution in [-0.2, 0) is 0 Å². The van der Waals surface area contributed by atoms with E-state index >= 15 is 0 Å². The van der Waals surface area contributed by atoms with Crippen LogP contribution in [0.3, 0.4) is 0 Å². The molecule has 3 aromatic carbocycles. The number of hydrogen-bond donors (Lipinski definition) is 0. The summed E-state index contributed by atoms with van der Waals surface area (Å²) in [4.78, 5) is 22.8. The Morgan fingerprint density at radius 2 is 1.60 bits per heavy atom. The molecule has 0 aliphatic rings. The fourth-order valence-electron chi connectivity index (χ4n) is 3.50. The lowest BCUT2D eigenvalue weighted by Crippen LogP contribution is -2.22. The quantitative estimate of drug-likeness (QED) is 0.356. The van der Waals surface area contributed by atoms with Gasteiger partial charge in [-0.15, -0.1) is 0 Å². The monoisotopic (exact) mass is 409 g/mol. The summed E-state index contributed by atoms with van der Waals surface area (Å²) >= 11 is 5.99. The number of rotatable bonds is 3. The lowest BCUT2D eigenvalue weighted by Gasteiger charge is -2.12. The van der Waals surface area contributed by atoms with Crippen LogP contribution in [-0.4, -0.2) is 14.5 Å². The molecule has 5 aromatic rings. The zero-order valence-electron chi connectivity index (χ0n) is 15.9. The van der Waals surface area contributed by atoms with Crippen LogP contribution in [0.15, 0.2) is 89.9 Å². The number of hydrogen-bond acceptors (Lipinski definition) is 3. The molecule has 30 heavy (non-hydrogen) atoms.